The van der Waals surface area contributed by atoms with Gasteiger partial charge in [0.05, 0.1) is 5.56 Å². The number of aromatic nitrogens is 1. The number of carbonyl (C=O) groups is 1. The molecule has 0 aromatic carbocycles. The Bertz CT molecular complexity index is 615. The summed E-state index contributed by atoms with van der Waals surface area (Å²) < 4.78 is 40.8. The Kier molecular flexibility index (Phi) is 7.25. The topological polar surface area (TPSA) is 66.4 Å². The third kappa shape index (κ3) is 5.22. The van der Waals surface area contributed by atoms with E-state index in [0.717, 1.165) is 0 Å². The van der Waals surface area contributed by atoms with E-state index in [1.807, 2.05) is 0 Å². The van der Waals surface area contributed by atoms with Crippen LogP contribution in [0.25, 0.3) is 0 Å². The molecule has 0 radical (unpaired) electrons. The molecule has 1 aliphatic rings. The van der Waals surface area contributed by atoms with Crippen LogP contribution in [0.2, 0.25) is 0 Å². The standard InChI is InChI=1S/C14H19F3N4O2.ClH/c1-20-9-10(2-3-12(20)22)13(23)19-8-11(14(15,16)17)21-6-4-18-5-7-21;/h2-3,9,11,18H,4-8H2,1H3,(H,19,23);1H. The second-order valence-corrected chi connectivity index (χ2v) is 5.42. The number of hydrogen-bond donors (Lipinski definition) is 2. The van der Waals surface area contributed by atoms with Gasteiger partial charge in [0, 0.05) is 52.0 Å². The third-order valence-electron chi connectivity index (χ3n) is 3.77. The molecule has 0 saturated carbocycles. The molecule has 2 N–H and O–H groups in total. The lowest BCUT2D eigenvalue weighted by atomic mass is 10.2. The van der Waals surface area contributed by atoms with Crippen molar-refractivity contribution in [3.8, 4) is 0 Å². The second kappa shape index (κ2) is 8.50. The fraction of sp³-hybridized carbons (Fsp3) is 0.571. The van der Waals surface area contributed by atoms with Crippen LogP contribution in [0.3, 0.4) is 0 Å². The van der Waals surface area contributed by atoms with E-state index in [9.17, 15) is 22.8 Å². The highest BCUT2D eigenvalue weighted by Crippen LogP contribution is 2.24. The van der Waals surface area contributed by atoms with E-state index in [4.69, 9.17) is 0 Å². The number of aryl methyl sites for hydroxylation is 1. The van der Waals surface area contributed by atoms with Crippen LogP contribution in [0.5, 0.6) is 0 Å². The number of pyridine rings is 1. The molecule has 0 spiro atoms. The Morgan fingerprint density at radius 1 is 1.33 bits per heavy atom. The van der Waals surface area contributed by atoms with Crippen LogP contribution in [0.1, 0.15) is 10.4 Å². The maximum Gasteiger partial charge on any atom is 0.405 e. The van der Waals surface area contributed by atoms with Crippen LogP contribution in [0.15, 0.2) is 23.1 Å². The third-order valence-corrected chi connectivity index (χ3v) is 3.77. The Labute approximate surface area is 143 Å². The Morgan fingerprint density at radius 2 is 1.96 bits per heavy atom. The highest BCUT2D eigenvalue weighted by molar-refractivity contribution is 5.93. The average molecular weight is 369 g/mol. The zero-order valence-corrected chi connectivity index (χ0v) is 13.9. The summed E-state index contributed by atoms with van der Waals surface area (Å²) in [6, 6.07) is 0.776. The molecule has 1 atom stereocenters. The molecule has 6 nitrogen and oxygen atoms in total. The number of amides is 1. The number of alkyl halides is 3. The number of nitrogens with zero attached hydrogens (tertiary/aromatic N) is 2. The van der Waals surface area contributed by atoms with Crippen molar-refractivity contribution in [3.63, 3.8) is 0 Å². The predicted molar refractivity (Wildman–Crippen MR) is 85.5 cm³/mol. The van der Waals surface area contributed by atoms with E-state index in [2.05, 4.69) is 10.6 Å². The summed E-state index contributed by atoms with van der Waals surface area (Å²) in [5, 5.41) is 5.31. The Morgan fingerprint density at radius 3 is 2.50 bits per heavy atom. The van der Waals surface area contributed by atoms with E-state index in [0.29, 0.717) is 13.1 Å². The van der Waals surface area contributed by atoms with E-state index in [-0.39, 0.29) is 36.6 Å². The molecule has 136 valence electrons. The predicted octanol–water partition coefficient (Wildman–Crippen LogP) is 0.373. The minimum Gasteiger partial charge on any atom is -0.350 e. The van der Waals surface area contributed by atoms with Crippen molar-refractivity contribution < 1.29 is 18.0 Å². The highest BCUT2D eigenvalue weighted by atomic mass is 35.5. The first-order valence-corrected chi connectivity index (χ1v) is 7.25. The first kappa shape index (κ1) is 20.5. The van der Waals surface area contributed by atoms with Crippen molar-refractivity contribution in [2.45, 2.75) is 12.2 Å². The van der Waals surface area contributed by atoms with Crippen molar-refractivity contribution in [1.82, 2.24) is 20.1 Å². The van der Waals surface area contributed by atoms with Crippen LogP contribution in [0, 0.1) is 0 Å². The molecular formula is C14H20ClF3N4O2. The van der Waals surface area contributed by atoms with Crippen LogP contribution >= 0.6 is 12.4 Å². The van der Waals surface area contributed by atoms with Gasteiger partial charge in [0.2, 0.25) is 5.56 Å². The first-order valence-electron chi connectivity index (χ1n) is 7.25. The summed E-state index contributed by atoms with van der Waals surface area (Å²) in [4.78, 5) is 24.6. The van der Waals surface area contributed by atoms with E-state index in [1.165, 1.54) is 34.8 Å². The molecule has 1 amide bonds. The molecule has 2 heterocycles. The zero-order valence-electron chi connectivity index (χ0n) is 13.1. The molecular weight excluding hydrogens is 349 g/mol. The van der Waals surface area contributed by atoms with E-state index in [1.54, 1.807) is 0 Å². The van der Waals surface area contributed by atoms with Gasteiger partial charge in [0.25, 0.3) is 5.91 Å². The monoisotopic (exact) mass is 368 g/mol. The van der Waals surface area contributed by atoms with Crippen LogP contribution < -0.4 is 16.2 Å². The molecule has 1 unspecified atom stereocenters. The molecule has 10 heteroatoms. The lowest BCUT2D eigenvalue weighted by molar-refractivity contribution is -0.183. The van der Waals surface area contributed by atoms with Gasteiger partial charge in [0.1, 0.15) is 6.04 Å². The summed E-state index contributed by atoms with van der Waals surface area (Å²) in [7, 11) is 1.47. The van der Waals surface area contributed by atoms with E-state index < -0.39 is 24.7 Å². The molecule has 0 aliphatic carbocycles. The van der Waals surface area contributed by atoms with Gasteiger partial charge in [-0.15, -0.1) is 12.4 Å². The fourth-order valence-electron chi connectivity index (χ4n) is 2.47. The van der Waals surface area contributed by atoms with Crippen LogP contribution in [-0.2, 0) is 7.05 Å². The van der Waals surface area contributed by atoms with Gasteiger partial charge < -0.3 is 15.2 Å². The maximum absolute atomic E-state index is 13.2. The number of hydrogen-bond acceptors (Lipinski definition) is 4. The maximum atomic E-state index is 13.2. The average Bonchev–Trinajstić information content (AvgIpc) is 2.49. The van der Waals surface area contributed by atoms with Gasteiger partial charge in [0.15, 0.2) is 0 Å². The highest BCUT2D eigenvalue weighted by Gasteiger charge is 2.43. The minimum atomic E-state index is -4.42. The molecule has 1 saturated heterocycles. The number of carbonyl (C=O) groups excluding carboxylic acids is 1. The van der Waals surface area contributed by atoms with Crippen molar-refractivity contribution in [1.29, 1.82) is 0 Å². The van der Waals surface area contributed by atoms with Gasteiger partial charge >= 0.3 is 6.18 Å². The summed E-state index contributed by atoms with van der Waals surface area (Å²) in [5.41, 5.74) is -0.149. The van der Waals surface area contributed by atoms with Gasteiger partial charge in [-0.2, -0.15) is 13.2 Å². The molecule has 1 aromatic heterocycles. The van der Waals surface area contributed by atoms with Crippen molar-refractivity contribution in [3.05, 3.63) is 34.2 Å². The summed E-state index contributed by atoms with van der Waals surface area (Å²) >= 11 is 0. The van der Waals surface area contributed by atoms with Crippen LogP contribution in [0.4, 0.5) is 13.2 Å². The molecule has 1 fully saturated rings. The number of halogens is 4. The Balaban J connectivity index is 0.00000288. The molecule has 24 heavy (non-hydrogen) atoms. The van der Waals surface area contributed by atoms with Crippen molar-refractivity contribution in [2.75, 3.05) is 32.7 Å². The van der Waals surface area contributed by atoms with Crippen LogP contribution in [-0.4, -0.2) is 60.3 Å². The summed E-state index contributed by atoms with van der Waals surface area (Å²) in [6.45, 7) is 1.01. The normalized spacial score (nSPS) is 17.0. The minimum absolute atomic E-state index is 0. The van der Waals surface area contributed by atoms with Gasteiger partial charge in [-0.1, -0.05) is 0 Å². The fourth-order valence-corrected chi connectivity index (χ4v) is 2.47. The first-order chi connectivity index (χ1) is 10.8. The van der Waals surface area contributed by atoms with Gasteiger partial charge in [-0.05, 0) is 6.07 Å². The largest absolute Gasteiger partial charge is 0.405 e. The molecule has 1 aliphatic heterocycles. The van der Waals surface area contributed by atoms with Gasteiger partial charge in [-0.3, -0.25) is 14.5 Å². The molecule has 0 bridgehead atoms. The molecule has 2 rings (SSSR count). The summed E-state index contributed by atoms with van der Waals surface area (Å²) in [5.74, 6) is -0.634. The van der Waals surface area contributed by atoms with Crippen molar-refractivity contribution >= 4 is 18.3 Å². The van der Waals surface area contributed by atoms with Crippen molar-refractivity contribution in [2.24, 2.45) is 7.05 Å². The second-order valence-electron chi connectivity index (χ2n) is 5.42. The summed E-state index contributed by atoms with van der Waals surface area (Å²) in [6.07, 6.45) is -3.13. The Hall–Kier alpha value is -1.58. The molecule has 1 aromatic rings. The van der Waals surface area contributed by atoms with E-state index >= 15 is 0 Å². The number of piperazine rings is 1. The smallest absolute Gasteiger partial charge is 0.350 e. The number of rotatable bonds is 4. The zero-order chi connectivity index (χ0) is 17.0. The number of nitrogens with one attached hydrogen (secondary N) is 2. The quantitative estimate of drug-likeness (QED) is 0.806. The lowest BCUT2D eigenvalue weighted by Gasteiger charge is -2.35. The van der Waals surface area contributed by atoms with Gasteiger partial charge in [-0.25, -0.2) is 0 Å². The lowest BCUT2D eigenvalue weighted by Crippen LogP contribution is -2.57. The SMILES string of the molecule is Cl.Cn1cc(C(=O)NCC(N2CCNCC2)C(F)(F)F)ccc1=O.